The SMILES string of the molecule is COc1cc(-c2nc(SC)[nH]c(=O)c2C#N)cc(Br)c1OCc1ccccc1. The van der Waals surface area contributed by atoms with Crippen LogP contribution in [0.15, 0.2) is 56.9 Å². The zero-order valence-electron chi connectivity index (χ0n) is 15.2. The van der Waals surface area contributed by atoms with Crippen molar-refractivity contribution in [2.45, 2.75) is 11.8 Å². The first-order valence-corrected chi connectivity index (χ1v) is 10.2. The molecular weight excluding hydrogens is 442 g/mol. The van der Waals surface area contributed by atoms with Crippen molar-refractivity contribution in [1.82, 2.24) is 9.97 Å². The average molecular weight is 458 g/mol. The molecule has 0 aliphatic rings. The Morgan fingerprint density at radius 3 is 2.68 bits per heavy atom. The van der Waals surface area contributed by atoms with Crippen LogP contribution in [0.25, 0.3) is 11.3 Å². The molecule has 0 amide bonds. The number of halogens is 1. The second-order valence-corrected chi connectivity index (χ2v) is 7.32. The third-order valence-corrected chi connectivity index (χ3v) is 5.10. The molecule has 0 atom stereocenters. The number of benzene rings is 2. The molecule has 8 heteroatoms. The molecule has 28 heavy (non-hydrogen) atoms. The van der Waals surface area contributed by atoms with E-state index in [-0.39, 0.29) is 5.56 Å². The molecule has 1 heterocycles. The molecule has 6 nitrogen and oxygen atoms in total. The average Bonchev–Trinajstić information content (AvgIpc) is 2.72. The van der Waals surface area contributed by atoms with Gasteiger partial charge in [-0.05, 0) is 39.9 Å². The van der Waals surface area contributed by atoms with Crippen LogP contribution < -0.4 is 15.0 Å². The Hall–Kier alpha value is -2.76. The van der Waals surface area contributed by atoms with Crippen LogP contribution >= 0.6 is 27.7 Å². The highest BCUT2D eigenvalue weighted by atomic mass is 79.9. The van der Waals surface area contributed by atoms with Crippen LogP contribution in [0.2, 0.25) is 0 Å². The van der Waals surface area contributed by atoms with Gasteiger partial charge in [0.25, 0.3) is 5.56 Å². The molecule has 3 aromatic rings. The van der Waals surface area contributed by atoms with Gasteiger partial charge in [-0.3, -0.25) is 4.79 Å². The summed E-state index contributed by atoms with van der Waals surface area (Å²) in [6, 6.07) is 15.2. The number of hydrogen-bond donors (Lipinski definition) is 1. The van der Waals surface area contributed by atoms with Crippen molar-refractivity contribution in [3.8, 4) is 28.8 Å². The van der Waals surface area contributed by atoms with Crippen molar-refractivity contribution in [2.24, 2.45) is 0 Å². The number of H-pyrrole nitrogens is 1. The van der Waals surface area contributed by atoms with E-state index in [4.69, 9.17) is 9.47 Å². The molecule has 0 aliphatic heterocycles. The third kappa shape index (κ3) is 4.21. The smallest absolute Gasteiger partial charge is 0.270 e. The number of aromatic nitrogens is 2. The standard InChI is InChI=1S/C20H16BrN3O3S/c1-26-16-9-13(17-14(10-22)19(25)24-20(23-17)28-2)8-15(21)18(16)27-11-12-6-4-3-5-7-12/h3-9H,11H2,1-2H3,(H,23,24,25). The van der Waals surface area contributed by atoms with E-state index in [1.54, 1.807) is 18.4 Å². The predicted octanol–water partition coefficient (Wildman–Crippen LogP) is 4.38. The van der Waals surface area contributed by atoms with Gasteiger partial charge in [0.2, 0.25) is 0 Å². The van der Waals surface area contributed by atoms with Crippen molar-refractivity contribution in [1.29, 1.82) is 5.26 Å². The lowest BCUT2D eigenvalue weighted by atomic mass is 10.1. The molecule has 0 aliphatic carbocycles. The summed E-state index contributed by atoms with van der Waals surface area (Å²) in [6.07, 6.45) is 1.80. The Balaban J connectivity index is 2.04. The molecule has 1 N–H and O–H groups in total. The zero-order chi connectivity index (χ0) is 20.1. The number of nitriles is 1. The zero-order valence-corrected chi connectivity index (χ0v) is 17.6. The van der Waals surface area contributed by atoms with Crippen molar-refractivity contribution < 1.29 is 9.47 Å². The molecule has 0 fully saturated rings. The maximum atomic E-state index is 12.2. The summed E-state index contributed by atoms with van der Waals surface area (Å²) in [7, 11) is 1.53. The summed E-state index contributed by atoms with van der Waals surface area (Å²) >= 11 is 4.79. The van der Waals surface area contributed by atoms with Crippen molar-refractivity contribution >= 4 is 27.7 Å². The van der Waals surface area contributed by atoms with E-state index in [1.165, 1.54) is 18.9 Å². The molecule has 0 spiro atoms. The van der Waals surface area contributed by atoms with Gasteiger partial charge >= 0.3 is 0 Å². The van der Waals surface area contributed by atoms with Gasteiger partial charge in [0.05, 0.1) is 17.3 Å². The van der Waals surface area contributed by atoms with Gasteiger partial charge in [-0.2, -0.15) is 5.26 Å². The van der Waals surface area contributed by atoms with Gasteiger partial charge in [0.1, 0.15) is 18.2 Å². The highest BCUT2D eigenvalue weighted by molar-refractivity contribution is 9.10. The van der Waals surface area contributed by atoms with Gasteiger partial charge in [-0.15, -0.1) is 0 Å². The minimum atomic E-state index is -0.476. The van der Waals surface area contributed by atoms with Crippen LogP contribution in [0, 0.1) is 11.3 Å². The molecule has 1 aromatic heterocycles. The number of methoxy groups -OCH3 is 1. The van der Waals surface area contributed by atoms with E-state index in [0.717, 1.165) is 5.56 Å². The number of thioether (sulfide) groups is 1. The molecule has 0 saturated carbocycles. The minimum absolute atomic E-state index is 0.0512. The Morgan fingerprint density at radius 2 is 2.04 bits per heavy atom. The van der Waals surface area contributed by atoms with Crippen molar-refractivity contribution in [3.63, 3.8) is 0 Å². The van der Waals surface area contributed by atoms with Gasteiger partial charge in [-0.1, -0.05) is 42.1 Å². The molecule has 2 aromatic carbocycles. The van der Waals surface area contributed by atoms with Crippen LogP contribution in [-0.4, -0.2) is 23.3 Å². The summed E-state index contributed by atoms with van der Waals surface area (Å²) in [5, 5.41) is 9.83. The monoisotopic (exact) mass is 457 g/mol. The van der Waals surface area contributed by atoms with Crippen molar-refractivity contribution in [3.05, 3.63) is 68.4 Å². The highest BCUT2D eigenvalue weighted by Gasteiger charge is 2.18. The van der Waals surface area contributed by atoms with E-state index in [1.807, 2.05) is 36.4 Å². The lowest BCUT2D eigenvalue weighted by Crippen LogP contribution is -2.14. The van der Waals surface area contributed by atoms with E-state index in [0.29, 0.717) is 39.0 Å². The number of nitrogens with zero attached hydrogens (tertiary/aromatic N) is 2. The molecule has 3 rings (SSSR count). The summed E-state index contributed by atoms with van der Waals surface area (Å²) in [4.78, 5) is 19.2. The van der Waals surface area contributed by atoms with Gasteiger partial charge in [-0.25, -0.2) is 4.98 Å². The summed E-state index contributed by atoms with van der Waals surface area (Å²) in [5.41, 5.74) is 1.37. The highest BCUT2D eigenvalue weighted by Crippen LogP contribution is 2.40. The van der Waals surface area contributed by atoms with E-state index >= 15 is 0 Å². The fraction of sp³-hybridized carbons (Fsp3) is 0.150. The molecule has 0 saturated heterocycles. The van der Waals surface area contributed by atoms with E-state index in [2.05, 4.69) is 25.9 Å². The lowest BCUT2D eigenvalue weighted by molar-refractivity contribution is 0.282. The van der Waals surface area contributed by atoms with Crippen LogP contribution in [0.4, 0.5) is 0 Å². The largest absolute Gasteiger partial charge is 0.493 e. The van der Waals surface area contributed by atoms with Crippen LogP contribution in [-0.2, 0) is 6.61 Å². The van der Waals surface area contributed by atoms with E-state index in [9.17, 15) is 10.1 Å². The first kappa shape index (κ1) is 20.0. The number of nitrogens with one attached hydrogen (secondary N) is 1. The fourth-order valence-electron chi connectivity index (χ4n) is 2.59. The second kappa shape index (κ2) is 8.95. The normalized spacial score (nSPS) is 10.4. The number of aromatic amines is 1. The fourth-order valence-corrected chi connectivity index (χ4v) is 3.52. The molecule has 0 unspecified atom stereocenters. The molecular formula is C20H16BrN3O3S. The molecule has 0 radical (unpaired) electrons. The maximum Gasteiger partial charge on any atom is 0.270 e. The summed E-state index contributed by atoms with van der Waals surface area (Å²) < 4.78 is 12.0. The lowest BCUT2D eigenvalue weighted by Gasteiger charge is -2.15. The second-order valence-electron chi connectivity index (χ2n) is 5.67. The Kier molecular flexibility index (Phi) is 6.39. The number of ether oxygens (including phenoxy) is 2. The van der Waals surface area contributed by atoms with Crippen LogP contribution in [0.1, 0.15) is 11.1 Å². The maximum absolute atomic E-state index is 12.2. The van der Waals surface area contributed by atoms with Gasteiger partial charge < -0.3 is 14.5 Å². The number of rotatable bonds is 6. The van der Waals surface area contributed by atoms with Crippen molar-refractivity contribution in [2.75, 3.05) is 13.4 Å². The van der Waals surface area contributed by atoms with Gasteiger partial charge in [0.15, 0.2) is 16.7 Å². The number of hydrogen-bond acceptors (Lipinski definition) is 6. The molecule has 142 valence electrons. The topological polar surface area (TPSA) is 88.0 Å². The first-order valence-electron chi connectivity index (χ1n) is 8.20. The predicted molar refractivity (Wildman–Crippen MR) is 112 cm³/mol. The van der Waals surface area contributed by atoms with Crippen LogP contribution in [0.3, 0.4) is 0 Å². The Labute approximate surface area is 174 Å². The minimum Gasteiger partial charge on any atom is -0.493 e. The quantitative estimate of drug-likeness (QED) is 0.436. The van der Waals surface area contributed by atoms with Crippen LogP contribution in [0.5, 0.6) is 11.5 Å². The van der Waals surface area contributed by atoms with E-state index < -0.39 is 5.56 Å². The first-order chi connectivity index (χ1) is 13.6. The summed E-state index contributed by atoms with van der Waals surface area (Å²) in [5.74, 6) is 1.00. The summed E-state index contributed by atoms with van der Waals surface area (Å²) in [6.45, 7) is 0.373. The van der Waals surface area contributed by atoms with Gasteiger partial charge in [0, 0.05) is 5.56 Å². The molecule has 0 bridgehead atoms. The third-order valence-electron chi connectivity index (χ3n) is 3.93. The Morgan fingerprint density at radius 1 is 1.29 bits per heavy atom. The Bertz CT molecular complexity index is 1090.